The number of aryl methyl sites for hydroxylation is 2. The van der Waals surface area contributed by atoms with E-state index in [-0.39, 0.29) is 6.03 Å². The zero-order valence-electron chi connectivity index (χ0n) is 13.3. The minimum absolute atomic E-state index is 0.235. The monoisotopic (exact) mass is 298 g/mol. The molecule has 4 nitrogen and oxygen atoms in total. The molecule has 116 valence electrons. The van der Waals surface area contributed by atoms with Crippen LogP contribution in [0.25, 0.3) is 0 Å². The quantitative estimate of drug-likeness (QED) is 0.856. The highest BCUT2D eigenvalue weighted by molar-refractivity contribution is 6.00. The predicted octanol–water partition coefficient (Wildman–Crippen LogP) is 4.46. The SMILES string of the molecule is CCc1cccc(CC)c1NC(=O)Nc1ccc(OC)cc1. The molecule has 22 heavy (non-hydrogen) atoms. The Morgan fingerprint density at radius 1 is 0.955 bits per heavy atom. The van der Waals surface area contributed by atoms with Crippen LogP contribution in [0, 0.1) is 0 Å². The van der Waals surface area contributed by atoms with Crippen molar-refractivity contribution in [3.8, 4) is 5.75 Å². The van der Waals surface area contributed by atoms with Crippen molar-refractivity contribution in [2.24, 2.45) is 0 Å². The van der Waals surface area contributed by atoms with E-state index in [4.69, 9.17) is 4.74 Å². The minimum Gasteiger partial charge on any atom is -0.497 e. The van der Waals surface area contributed by atoms with Crippen molar-refractivity contribution in [2.75, 3.05) is 17.7 Å². The Labute approximate surface area is 131 Å². The van der Waals surface area contributed by atoms with Gasteiger partial charge < -0.3 is 15.4 Å². The lowest BCUT2D eigenvalue weighted by molar-refractivity contribution is 0.262. The summed E-state index contributed by atoms with van der Waals surface area (Å²) in [7, 11) is 1.61. The van der Waals surface area contributed by atoms with Crippen LogP contribution in [0.4, 0.5) is 16.2 Å². The maximum absolute atomic E-state index is 12.2. The third kappa shape index (κ3) is 3.79. The molecule has 0 aliphatic heterocycles. The summed E-state index contributed by atoms with van der Waals surface area (Å²) in [5, 5.41) is 5.82. The smallest absolute Gasteiger partial charge is 0.323 e. The zero-order chi connectivity index (χ0) is 15.9. The van der Waals surface area contributed by atoms with Gasteiger partial charge in [-0.05, 0) is 48.2 Å². The molecule has 0 aliphatic carbocycles. The van der Waals surface area contributed by atoms with Gasteiger partial charge in [-0.2, -0.15) is 0 Å². The number of carbonyl (C=O) groups excluding carboxylic acids is 1. The van der Waals surface area contributed by atoms with Gasteiger partial charge in [0.25, 0.3) is 0 Å². The number of anilines is 2. The number of benzene rings is 2. The van der Waals surface area contributed by atoms with Gasteiger partial charge >= 0.3 is 6.03 Å². The summed E-state index contributed by atoms with van der Waals surface area (Å²) in [4.78, 5) is 12.2. The number of carbonyl (C=O) groups is 1. The van der Waals surface area contributed by atoms with Crippen LogP contribution in [0.5, 0.6) is 5.75 Å². The van der Waals surface area contributed by atoms with Gasteiger partial charge in [0.15, 0.2) is 0 Å². The Hall–Kier alpha value is -2.49. The van der Waals surface area contributed by atoms with Crippen molar-refractivity contribution in [3.63, 3.8) is 0 Å². The fourth-order valence-corrected chi connectivity index (χ4v) is 2.35. The number of hydrogen-bond acceptors (Lipinski definition) is 2. The summed E-state index contributed by atoms with van der Waals surface area (Å²) in [6, 6.07) is 13.1. The van der Waals surface area contributed by atoms with Crippen molar-refractivity contribution >= 4 is 17.4 Å². The van der Waals surface area contributed by atoms with E-state index in [9.17, 15) is 4.79 Å². The molecule has 0 aliphatic rings. The van der Waals surface area contributed by atoms with Gasteiger partial charge in [-0.1, -0.05) is 32.0 Å². The first-order chi connectivity index (χ1) is 10.7. The molecule has 2 rings (SSSR count). The average Bonchev–Trinajstić information content (AvgIpc) is 2.55. The molecule has 2 aromatic carbocycles. The van der Waals surface area contributed by atoms with Crippen LogP contribution in [-0.4, -0.2) is 13.1 Å². The van der Waals surface area contributed by atoms with Crippen LogP contribution in [0.1, 0.15) is 25.0 Å². The van der Waals surface area contributed by atoms with E-state index in [2.05, 4.69) is 24.5 Å². The van der Waals surface area contributed by atoms with Crippen LogP contribution in [0.15, 0.2) is 42.5 Å². The second kappa shape index (κ2) is 7.50. The van der Waals surface area contributed by atoms with E-state index in [0.717, 1.165) is 41.1 Å². The summed E-state index contributed by atoms with van der Waals surface area (Å²) >= 11 is 0. The largest absolute Gasteiger partial charge is 0.497 e. The van der Waals surface area contributed by atoms with Gasteiger partial charge in [-0.25, -0.2) is 4.79 Å². The molecule has 0 unspecified atom stereocenters. The minimum atomic E-state index is -0.235. The molecule has 2 amide bonds. The summed E-state index contributed by atoms with van der Waals surface area (Å²) in [5.41, 5.74) is 3.93. The average molecular weight is 298 g/mol. The van der Waals surface area contributed by atoms with Gasteiger partial charge in [0.2, 0.25) is 0 Å². The Bertz CT molecular complexity index is 614. The molecule has 0 fully saturated rings. The van der Waals surface area contributed by atoms with Gasteiger partial charge in [-0.15, -0.1) is 0 Å². The Morgan fingerprint density at radius 2 is 1.55 bits per heavy atom. The molecule has 0 saturated heterocycles. The number of urea groups is 1. The highest BCUT2D eigenvalue weighted by Crippen LogP contribution is 2.23. The topological polar surface area (TPSA) is 50.4 Å². The van der Waals surface area contributed by atoms with Crippen molar-refractivity contribution in [3.05, 3.63) is 53.6 Å². The lowest BCUT2D eigenvalue weighted by atomic mass is 10.0. The van der Waals surface area contributed by atoms with E-state index in [1.165, 1.54) is 0 Å². The fourth-order valence-electron chi connectivity index (χ4n) is 2.35. The zero-order valence-corrected chi connectivity index (χ0v) is 13.3. The molecule has 0 aromatic heterocycles. The first-order valence-corrected chi connectivity index (χ1v) is 7.50. The van der Waals surface area contributed by atoms with E-state index < -0.39 is 0 Å². The second-order valence-corrected chi connectivity index (χ2v) is 4.97. The molecule has 0 atom stereocenters. The van der Waals surface area contributed by atoms with Crippen LogP contribution in [0.3, 0.4) is 0 Å². The van der Waals surface area contributed by atoms with Crippen molar-refractivity contribution in [2.45, 2.75) is 26.7 Å². The molecule has 0 saturated carbocycles. The molecule has 0 radical (unpaired) electrons. The van der Waals surface area contributed by atoms with Crippen LogP contribution in [-0.2, 0) is 12.8 Å². The van der Waals surface area contributed by atoms with Crippen molar-refractivity contribution < 1.29 is 9.53 Å². The lowest BCUT2D eigenvalue weighted by Gasteiger charge is -2.15. The molecule has 0 heterocycles. The van der Waals surface area contributed by atoms with Gasteiger partial charge in [0.1, 0.15) is 5.75 Å². The fraction of sp³-hybridized carbons (Fsp3) is 0.278. The number of amides is 2. The standard InChI is InChI=1S/C18H22N2O2/c1-4-13-7-6-8-14(5-2)17(13)20-18(21)19-15-9-11-16(22-3)12-10-15/h6-12H,4-5H2,1-3H3,(H2,19,20,21). The number of ether oxygens (including phenoxy) is 1. The summed E-state index contributed by atoms with van der Waals surface area (Å²) in [5.74, 6) is 0.760. The molecule has 0 bridgehead atoms. The predicted molar refractivity (Wildman–Crippen MR) is 90.8 cm³/mol. The van der Waals surface area contributed by atoms with E-state index in [1.807, 2.05) is 42.5 Å². The number of hydrogen-bond donors (Lipinski definition) is 2. The summed E-state index contributed by atoms with van der Waals surface area (Å²) in [6.45, 7) is 4.17. The Balaban J connectivity index is 2.11. The summed E-state index contributed by atoms with van der Waals surface area (Å²) in [6.07, 6.45) is 1.76. The van der Waals surface area contributed by atoms with Crippen molar-refractivity contribution in [1.29, 1.82) is 0 Å². The highest BCUT2D eigenvalue weighted by atomic mass is 16.5. The number of rotatable bonds is 5. The maximum atomic E-state index is 12.2. The van der Waals surface area contributed by atoms with Gasteiger partial charge in [0.05, 0.1) is 7.11 Å². The number of nitrogens with one attached hydrogen (secondary N) is 2. The van der Waals surface area contributed by atoms with Gasteiger partial charge in [-0.3, -0.25) is 0 Å². The first-order valence-electron chi connectivity index (χ1n) is 7.50. The molecule has 2 N–H and O–H groups in total. The number of para-hydroxylation sites is 1. The van der Waals surface area contributed by atoms with Crippen molar-refractivity contribution in [1.82, 2.24) is 0 Å². The lowest BCUT2D eigenvalue weighted by Crippen LogP contribution is -2.21. The van der Waals surface area contributed by atoms with E-state index in [1.54, 1.807) is 7.11 Å². The highest BCUT2D eigenvalue weighted by Gasteiger charge is 2.10. The first kappa shape index (κ1) is 15.9. The number of methoxy groups -OCH3 is 1. The summed E-state index contributed by atoms with van der Waals surface area (Å²) < 4.78 is 5.10. The Morgan fingerprint density at radius 3 is 2.05 bits per heavy atom. The third-order valence-electron chi connectivity index (χ3n) is 3.59. The van der Waals surface area contributed by atoms with E-state index >= 15 is 0 Å². The third-order valence-corrected chi connectivity index (χ3v) is 3.59. The molecular weight excluding hydrogens is 276 g/mol. The molecule has 4 heteroatoms. The van der Waals surface area contributed by atoms with Crippen LogP contribution in [0.2, 0.25) is 0 Å². The molecule has 0 spiro atoms. The van der Waals surface area contributed by atoms with E-state index in [0.29, 0.717) is 0 Å². The van der Waals surface area contributed by atoms with Crippen LogP contribution < -0.4 is 15.4 Å². The van der Waals surface area contributed by atoms with Gasteiger partial charge in [0, 0.05) is 11.4 Å². The molecular formula is C18H22N2O2. The molecule has 2 aromatic rings. The van der Waals surface area contributed by atoms with Crippen LogP contribution >= 0.6 is 0 Å². The maximum Gasteiger partial charge on any atom is 0.323 e. The second-order valence-electron chi connectivity index (χ2n) is 4.97. The normalized spacial score (nSPS) is 10.1. The Kier molecular flexibility index (Phi) is 5.42.